The van der Waals surface area contributed by atoms with Gasteiger partial charge in [0.1, 0.15) is 6.07 Å². The molecule has 0 atom stereocenters. The molecule has 0 amide bonds. The number of nitro groups is 1. The topological polar surface area (TPSA) is 79.0 Å². The number of nitriles is 1. The van der Waals surface area contributed by atoms with Gasteiger partial charge in [-0.2, -0.15) is 5.26 Å². The lowest BCUT2D eigenvalue weighted by Crippen LogP contribution is -2.02. The van der Waals surface area contributed by atoms with Crippen molar-refractivity contribution in [3.8, 4) is 6.07 Å². The summed E-state index contributed by atoms with van der Waals surface area (Å²) < 4.78 is 0. The van der Waals surface area contributed by atoms with Crippen molar-refractivity contribution < 1.29 is 4.92 Å². The maximum Gasteiger partial charge on any atom is 0.270 e. The molecule has 0 fully saturated rings. The van der Waals surface area contributed by atoms with Crippen LogP contribution < -0.4 is 5.32 Å². The molecule has 1 N–H and O–H groups in total. The number of nitrogens with one attached hydrogen (secondary N) is 1. The van der Waals surface area contributed by atoms with Crippen LogP contribution in [-0.4, -0.2) is 4.92 Å². The fourth-order valence-corrected chi connectivity index (χ4v) is 2.00. The van der Waals surface area contributed by atoms with E-state index in [4.69, 9.17) is 5.26 Å². The number of non-ortho nitro benzene ring substituents is 1. The van der Waals surface area contributed by atoms with E-state index in [0.717, 1.165) is 5.56 Å². The van der Waals surface area contributed by atoms with Crippen molar-refractivity contribution in [2.24, 2.45) is 0 Å². The Morgan fingerprint density at radius 3 is 2.57 bits per heavy atom. The van der Waals surface area contributed by atoms with Crippen LogP contribution in [0.4, 0.5) is 11.4 Å². The molecule has 0 unspecified atom stereocenters. The van der Waals surface area contributed by atoms with Gasteiger partial charge in [0.2, 0.25) is 0 Å². The molecule has 5 heteroatoms. The van der Waals surface area contributed by atoms with Gasteiger partial charge in [0, 0.05) is 18.7 Å². The molecule has 0 saturated carbocycles. The van der Waals surface area contributed by atoms with Crippen LogP contribution in [0.15, 0.2) is 36.4 Å². The summed E-state index contributed by atoms with van der Waals surface area (Å²) in [5.74, 6) is 0. The summed E-state index contributed by atoms with van der Waals surface area (Å²) in [6.07, 6.45) is 0. The average molecular weight is 281 g/mol. The minimum absolute atomic E-state index is 0.0803. The number of nitro benzene ring substituents is 1. The molecule has 5 nitrogen and oxygen atoms in total. The Balaban J connectivity index is 2.18. The van der Waals surface area contributed by atoms with Gasteiger partial charge in [-0.05, 0) is 36.6 Å². The quantitative estimate of drug-likeness (QED) is 0.684. The molecular formula is C16H15N3O2. The van der Waals surface area contributed by atoms with Gasteiger partial charge in [0.15, 0.2) is 0 Å². The smallest absolute Gasteiger partial charge is 0.270 e. The fraction of sp³-hybridized carbons (Fsp3) is 0.188. The van der Waals surface area contributed by atoms with E-state index in [1.165, 1.54) is 23.3 Å². The van der Waals surface area contributed by atoms with Gasteiger partial charge in [-0.1, -0.05) is 18.2 Å². The lowest BCUT2D eigenvalue weighted by molar-refractivity contribution is -0.384. The van der Waals surface area contributed by atoms with Crippen LogP contribution in [0, 0.1) is 35.3 Å². The van der Waals surface area contributed by atoms with Gasteiger partial charge in [-0.15, -0.1) is 0 Å². The highest BCUT2D eigenvalue weighted by Crippen LogP contribution is 2.22. The number of aryl methyl sites for hydroxylation is 2. The first kappa shape index (κ1) is 14.5. The average Bonchev–Trinajstić information content (AvgIpc) is 2.48. The molecule has 0 aromatic heterocycles. The maximum atomic E-state index is 10.7. The number of hydrogen-bond acceptors (Lipinski definition) is 4. The predicted molar refractivity (Wildman–Crippen MR) is 81.1 cm³/mol. The van der Waals surface area contributed by atoms with Crippen LogP contribution in [0.5, 0.6) is 0 Å². The Labute approximate surface area is 123 Å². The normalized spacial score (nSPS) is 9.95. The summed E-state index contributed by atoms with van der Waals surface area (Å²) in [6, 6.07) is 12.4. The molecule has 21 heavy (non-hydrogen) atoms. The van der Waals surface area contributed by atoms with Crippen molar-refractivity contribution in [2.45, 2.75) is 20.4 Å². The minimum Gasteiger partial charge on any atom is -0.380 e. The molecule has 0 saturated heterocycles. The van der Waals surface area contributed by atoms with Gasteiger partial charge in [0.05, 0.1) is 16.2 Å². The van der Waals surface area contributed by atoms with Gasteiger partial charge < -0.3 is 5.32 Å². The van der Waals surface area contributed by atoms with Crippen molar-refractivity contribution in [1.82, 2.24) is 0 Å². The molecule has 0 aliphatic carbocycles. The molecule has 0 spiro atoms. The molecule has 0 aliphatic rings. The summed E-state index contributed by atoms with van der Waals surface area (Å²) in [5.41, 5.74) is 4.32. The second-order valence-corrected chi connectivity index (χ2v) is 4.87. The molecule has 0 heterocycles. The van der Waals surface area contributed by atoms with Crippen LogP contribution in [0.1, 0.15) is 22.3 Å². The van der Waals surface area contributed by atoms with Crippen LogP contribution in [0.3, 0.4) is 0 Å². The third-order valence-corrected chi connectivity index (χ3v) is 3.39. The van der Waals surface area contributed by atoms with Gasteiger partial charge in [-0.3, -0.25) is 10.1 Å². The monoisotopic (exact) mass is 281 g/mol. The van der Waals surface area contributed by atoms with E-state index in [1.807, 2.05) is 25.1 Å². The number of nitrogens with zero attached hydrogens (tertiary/aromatic N) is 2. The number of benzene rings is 2. The number of anilines is 1. The van der Waals surface area contributed by atoms with Crippen molar-refractivity contribution in [1.29, 1.82) is 5.26 Å². The largest absolute Gasteiger partial charge is 0.380 e. The summed E-state index contributed by atoms with van der Waals surface area (Å²) in [4.78, 5) is 10.2. The van der Waals surface area contributed by atoms with Crippen LogP contribution in [-0.2, 0) is 6.54 Å². The minimum atomic E-state index is -0.506. The Kier molecular flexibility index (Phi) is 4.19. The van der Waals surface area contributed by atoms with E-state index < -0.39 is 4.92 Å². The van der Waals surface area contributed by atoms with Crippen molar-refractivity contribution in [3.63, 3.8) is 0 Å². The van der Waals surface area contributed by atoms with E-state index in [2.05, 4.69) is 18.3 Å². The highest BCUT2D eigenvalue weighted by Gasteiger charge is 2.10. The molecule has 2 aromatic rings. The molecule has 2 aromatic carbocycles. The van der Waals surface area contributed by atoms with Crippen LogP contribution in [0.2, 0.25) is 0 Å². The Morgan fingerprint density at radius 2 is 1.95 bits per heavy atom. The van der Waals surface area contributed by atoms with E-state index in [9.17, 15) is 10.1 Å². The number of hydrogen-bond donors (Lipinski definition) is 1. The second-order valence-electron chi connectivity index (χ2n) is 4.87. The lowest BCUT2D eigenvalue weighted by atomic mass is 10.1. The highest BCUT2D eigenvalue weighted by molar-refractivity contribution is 5.61. The molecule has 0 aliphatic heterocycles. The first-order valence-corrected chi connectivity index (χ1v) is 6.50. The molecule has 106 valence electrons. The first-order valence-electron chi connectivity index (χ1n) is 6.50. The summed E-state index contributed by atoms with van der Waals surface area (Å²) in [5, 5.41) is 22.9. The Morgan fingerprint density at radius 1 is 1.19 bits per heavy atom. The Bertz CT molecular complexity index is 733. The van der Waals surface area contributed by atoms with E-state index in [0.29, 0.717) is 12.2 Å². The zero-order valence-electron chi connectivity index (χ0n) is 11.9. The highest BCUT2D eigenvalue weighted by atomic mass is 16.6. The van der Waals surface area contributed by atoms with Crippen molar-refractivity contribution in [2.75, 3.05) is 5.32 Å². The zero-order valence-corrected chi connectivity index (χ0v) is 11.9. The first-order chi connectivity index (χ1) is 10.0. The van der Waals surface area contributed by atoms with E-state index >= 15 is 0 Å². The Hall–Kier alpha value is -2.87. The van der Waals surface area contributed by atoms with Gasteiger partial charge >= 0.3 is 0 Å². The standard InChI is InChI=1S/C16H15N3O2/c1-11-3-4-13(7-12(11)2)10-18-16-6-5-15(19(20)21)8-14(16)9-17/h3-8,18H,10H2,1-2H3. The third-order valence-electron chi connectivity index (χ3n) is 3.39. The van der Waals surface area contributed by atoms with E-state index in [1.54, 1.807) is 6.07 Å². The SMILES string of the molecule is Cc1ccc(CNc2ccc([N+](=O)[O-])cc2C#N)cc1C. The molecule has 0 bridgehead atoms. The second kappa shape index (κ2) is 6.06. The fourth-order valence-electron chi connectivity index (χ4n) is 2.00. The van der Waals surface area contributed by atoms with E-state index in [-0.39, 0.29) is 11.3 Å². The molecular weight excluding hydrogens is 266 g/mol. The van der Waals surface area contributed by atoms with Gasteiger partial charge in [-0.25, -0.2) is 0 Å². The molecule has 0 radical (unpaired) electrons. The summed E-state index contributed by atoms with van der Waals surface area (Å²) in [7, 11) is 0. The molecule has 2 rings (SSSR count). The summed E-state index contributed by atoms with van der Waals surface area (Å²) in [6.45, 7) is 4.66. The van der Waals surface area contributed by atoms with Crippen molar-refractivity contribution >= 4 is 11.4 Å². The summed E-state index contributed by atoms with van der Waals surface area (Å²) >= 11 is 0. The van der Waals surface area contributed by atoms with Crippen molar-refractivity contribution in [3.05, 3.63) is 68.8 Å². The van der Waals surface area contributed by atoms with Crippen LogP contribution >= 0.6 is 0 Å². The zero-order chi connectivity index (χ0) is 15.4. The number of rotatable bonds is 4. The van der Waals surface area contributed by atoms with Crippen LogP contribution in [0.25, 0.3) is 0 Å². The third kappa shape index (κ3) is 3.37. The maximum absolute atomic E-state index is 10.7. The van der Waals surface area contributed by atoms with Gasteiger partial charge in [0.25, 0.3) is 5.69 Å². The predicted octanol–water partition coefficient (Wildman–Crippen LogP) is 3.70. The lowest BCUT2D eigenvalue weighted by Gasteiger charge is -2.09.